The van der Waals surface area contributed by atoms with E-state index < -0.39 is 0 Å². The van der Waals surface area contributed by atoms with Crippen molar-refractivity contribution in [2.24, 2.45) is 29.6 Å². The van der Waals surface area contributed by atoms with E-state index in [9.17, 15) is 4.79 Å². The van der Waals surface area contributed by atoms with Crippen LogP contribution in [0.5, 0.6) is 11.5 Å². The molecule has 0 N–H and O–H groups in total. The molecule has 27 heavy (non-hydrogen) atoms. The van der Waals surface area contributed by atoms with Crippen LogP contribution in [0.2, 0.25) is 0 Å². The molecule has 144 valence electrons. The summed E-state index contributed by atoms with van der Waals surface area (Å²) < 4.78 is 10.9. The van der Waals surface area contributed by atoms with E-state index in [1.54, 1.807) is 0 Å². The zero-order valence-electron chi connectivity index (χ0n) is 15.9. The van der Waals surface area contributed by atoms with Gasteiger partial charge in [-0.05, 0) is 93.4 Å². The maximum atomic E-state index is 13.2. The molecule has 0 aromatic heterocycles. The number of rotatable bonds is 3. The maximum Gasteiger partial charge on any atom is 0.231 e. The Morgan fingerprint density at radius 2 is 1.70 bits per heavy atom. The number of piperidine rings is 1. The van der Waals surface area contributed by atoms with Gasteiger partial charge in [-0.3, -0.25) is 9.69 Å². The van der Waals surface area contributed by atoms with Crippen molar-refractivity contribution in [3.63, 3.8) is 0 Å². The van der Waals surface area contributed by atoms with Gasteiger partial charge >= 0.3 is 0 Å². The number of nitrogens with zero attached hydrogens (tertiary/aromatic N) is 1. The second-order valence-corrected chi connectivity index (χ2v) is 9.69. The van der Waals surface area contributed by atoms with Crippen molar-refractivity contribution in [1.29, 1.82) is 0 Å². The second-order valence-electron chi connectivity index (χ2n) is 9.69. The highest BCUT2D eigenvalue weighted by molar-refractivity contribution is 5.98. The molecule has 4 nitrogen and oxygen atoms in total. The fraction of sp³-hybridized carbons (Fsp3) is 0.696. The first kappa shape index (κ1) is 16.4. The number of Topliss-reactive ketones (excluding diaryl/α,β-unsaturated/α-hetero) is 1. The summed E-state index contributed by atoms with van der Waals surface area (Å²) in [5, 5.41) is 0. The smallest absolute Gasteiger partial charge is 0.231 e. The van der Waals surface area contributed by atoms with Crippen molar-refractivity contribution in [2.45, 2.75) is 51.0 Å². The molecule has 2 aliphatic heterocycles. The van der Waals surface area contributed by atoms with Crippen molar-refractivity contribution < 1.29 is 14.3 Å². The lowest BCUT2D eigenvalue weighted by atomic mass is 9.53. The first-order valence-corrected chi connectivity index (χ1v) is 10.9. The summed E-state index contributed by atoms with van der Waals surface area (Å²) >= 11 is 0. The van der Waals surface area contributed by atoms with E-state index in [0.29, 0.717) is 5.78 Å². The lowest BCUT2D eigenvalue weighted by Gasteiger charge is -2.58. The van der Waals surface area contributed by atoms with Gasteiger partial charge in [0.15, 0.2) is 17.3 Å². The minimum absolute atomic E-state index is 0.135. The Labute approximate surface area is 161 Å². The molecule has 5 fully saturated rings. The number of fused-ring (bicyclic) bond motifs is 1. The van der Waals surface area contributed by atoms with Crippen LogP contribution >= 0.6 is 0 Å². The quantitative estimate of drug-likeness (QED) is 0.753. The summed E-state index contributed by atoms with van der Waals surface area (Å²) in [6, 6.07) is 6.43. The van der Waals surface area contributed by atoms with E-state index in [0.717, 1.165) is 66.2 Å². The molecule has 4 aliphatic carbocycles. The van der Waals surface area contributed by atoms with E-state index in [2.05, 4.69) is 4.90 Å². The van der Waals surface area contributed by atoms with E-state index in [1.165, 1.54) is 38.6 Å². The van der Waals surface area contributed by atoms with E-state index in [1.807, 2.05) is 18.2 Å². The van der Waals surface area contributed by atoms with Gasteiger partial charge in [-0.25, -0.2) is 0 Å². The number of hydrogen-bond donors (Lipinski definition) is 0. The molecular weight excluding hydrogens is 338 g/mol. The number of carbonyl (C=O) groups excluding carboxylic acids is 1. The van der Waals surface area contributed by atoms with Crippen molar-refractivity contribution >= 4 is 5.78 Å². The summed E-state index contributed by atoms with van der Waals surface area (Å²) in [7, 11) is 0. The molecule has 1 aromatic carbocycles. The molecule has 0 amide bonds. The minimum Gasteiger partial charge on any atom is -0.454 e. The molecule has 1 aromatic rings. The fourth-order valence-electron chi connectivity index (χ4n) is 7.27. The van der Waals surface area contributed by atoms with Crippen LogP contribution in [0.15, 0.2) is 18.2 Å². The largest absolute Gasteiger partial charge is 0.454 e. The molecule has 4 bridgehead atoms. The van der Waals surface area contributed by atoms with Crippen LogP contribution in [0.25, 0.3) is 0 Å². The molecule has 1 atom stereocenters. The van der Waals surface area contributed by atoms with E-state index in [-0.39, 0.29) is 12.7 Å². The molecule has 4 saturated carbocycles. The molecule has 4 heteroatoms. The third kappa shape index (κ3) is 2.71. The van der Waals surface area contributed by atoms with Gasteiger partial charge in [0.05, 0.1) is 0 Å². The monoisotopic (exact) mass is 367 g/mol. The van der Waals surface area contributed by atoms with Crippen molar-refractivity contribution in [2.75, 3.05) is 19.9 Å². The highest BCUT2D eigenvalue weighted by Gasteiger charge is 2.50. The molecule has 1 unspecified atom stereocenters. The van der Waals surface area contributed by atoms with Crippen LogP contribution in [0.4, 0.5) is 0 Å². The fourth-order valence-corrected chi connectivity index (χ4v) is 7.27. The molecule has 2 heterocycles. The van der Waals surface area contributed by atoms with E-state index in [4.69, 9.17) is 9.47 Å². The Kier molecular flexibility index (Phi) is 3.79. The highest BCUT2D eigenvalue weighted by Crippen LogP contribution is 2.55. The maximum absolute atomic E-state index is 13.2. The van der Waals surface area contributed by atoms with Gasteiger partial charge < -0.3 is 9.47 Å². The summed E-state index contributed by atoms with van der Waals surface area (Å²) in [5.74, 6) is 5.73. The van der Waals surface area contributed by atoms with E-state index >= 15 is 0 Å². The number of likely N-dealkylation sites (tertiary alicyclic amines) is 1. The molecule has 7 rings (SSSR count). The molecule has 1 saturated heterocycles. The minimum atomic E-state index is 0.135. The molecular formula is C23H29NO3. The average molecular weight is 367 g/mol. The predicted molar refractivity (Wildman–Crippen MR) is 102 cm³/mol. The first-order chi connectivity index (χ1) is 13.2. The van der Waals surface area contributed by atoms with Gasteiger partial charge in [0.2, 0.25) is 6.79 Å². The Morgan fingerprint density at radius 3 is 2.48 bits per heavy atom. The van der Waals surface area contributed by atoms with Crippen molar-refractivity contribution in [3.8, 4) is 11.5 Å². The van der Waals surface area contributed by atoms with Gasteiger partial charge in [0, 0.05) is 24.1 Å². The number of carbonyl (C=O) groups is 1. The number of benzene rings is 1. The normalized spacial score (nSPS) is 39.7. The average Bonchev–Trinajstić information content (AvgIpc) is 3.14. The Bertz CT molecular complexity index is 732. The van der Waals surface area contributed by atoms with Gasteiger partial charge in [-0.2, -0.15) is 0 Å². The number of ether oxygens (including phenoxy) is 2. The summed E-state index contributed by atoms with van der Waals surface area (Å²) in [6.45, 7) is 2.41. The topological polar surface area (TPSA) is 38.8 Å². The van der Waals surface area contributed by atoms with Crippen LogP contribution in [0, 0.1) is 29.6 Å². The van der Waals surface area contributed by atoms with Gasteiger partial charge in [0.1, 0.15) is 0 Å². The summed E-state index contributed by atoms with van der Waals surface area (Å²) in [6.07, 6.45) is 9.50. The van der Waals surface area contributed by atoms with Crippen molar-refractivity contribution in [3.05, 3.63) is 23.8 Å². The van der Waals surface area contributed by atoms with Crippen LogP contribution < -0.4 is 9.47 Å². The Hall–Kier alpha value is -1.55. The highest BCUT2D eigenvalue weighted by atomic mass is 16.7. The van der Waals surface area contributed by atoms with Crippen LogP contribution in [-0.2, 0) is 0 Å². The SMILES string of the molecule is O=C(c1ccc2c(c1)OCO2)C1CCCN(C2C3CC4CC(C3)CC2C4)C1. The van der Waals surface area contributed by atoms with Gasteiger partial charge in [-0.15, -0.1) is 0 Å². The molecule has 6 aliphatic rings. The third-order valence-electron chi connectivity index (χ3n) is 8.08. The van der Waals surface area contributed by atoms with Crippen LogP contribution in [0.3, 0.4) is 0 Å². The Balaban J connectivity index is 1.19. The van der Waals surface area contributed by atoms with Gasteiger partial charge in [-0.1, -0.05) is 0 Å². The third-order valence-corrected chi connectivity index (χ3v) is 8.08. The summed E-state index contributed by atoms with van der Waals surface area (Å²) in [5.41, 5.74) is 0.788. The van der Waals surface area contributed by atoms with Gasteiger partial charge in [0.25, 0.3) is 0 Å². The number of hydrogen-bond acceptors (Lipinski definition) is 4. The van der Waals surface area contributed by atoms with Crippen molar-refractivity contribution in [1.82, 2.24) is 4.90 Å². The zero-order valence-corrected chi connectivity index (χ0v) is 15.9. The second kappa shape index (κ2) is 6.23. The standard InChI is InChI=1S/C23H29NO3/c25-23(16-3-4-20-21(11-16)27-13-26-20)17-2-1-5-24(12-17)22-18-7-14-6-15(9-18)10-19(22)8-14/h3-4,11,14-15,17-19,22H,1-2,5-10,12-13H2. The predicted octanol–water partition coefficient (Wildman–Crippen LogP) is 4.13. The lowest BCUT2D eigenvalue weighted by molar-refractivity contribution is -0.0740. The summed E-state index contributed by atoms with van der Waals surface area (Å²) in [4.78, 5) is 15.9. The molecule has 0 spiro atoms. The van der Waals surface area contributed by atoms with Crippen LogP contribution in [-0.4, -0.2) is 36.6 Å². The molecule has 0 radical (unpaired) electrons. The Morgan fingerprint density at radius 1 is 0.963 bits per heavy atom. The lowest BCUT2D eigenvalue weighted by Crippen LogP contribution is -2.58. The van der Waals surface area contributed by atoms with Crippen LogP contribution in [0.1, 0.15) is 55.3 Å². The zero-order chi connectivity index (χ0) is 18.0. The number of ketones is 1. The first-order valence-electron chi connectivity index (χ1n) is 10.9.